The van der Waals surface area contributed by atoms with Crippen LogP contribution in [0.3, 0.4) is 0 Å². The number of methoxy groups -OCH3 is 1. The van der Waals surface area contributed by atoms with Crippen molar-refractivity contribution in [2.24, 2.45) is 5.92 Å². The van der Waals surface area contributed by atoms with Crippen LogP contribution in [0.5, 0.6) is 5.75 Å². The second-order valence-corrected chi connectivity index (χ2v) is 12.7. The molecular weight excluding hydrogens is 466 g/mol. The molecule has 1 aliphatic heterocycles. The number of esters is 1. The van der Waals surface area contributed by atoms with Crippen LogP contribution in [0.2, 0.25) is 0 Å². The van der Waals surface area contributed by atoms with Crippen LogP contribution in [0.1, 0.15) is 103 Å². The highest BCUT2D eigenvalue weighted by Gasteiger charge is 2.59. The minimum absolute atomic E-state index is 0.147. The first kappa shape index (κ1) is 28.6. The van der Waals surface area contributed by atoms with Crippen LogP contribution in [-0.2, 0) is 14.9 Å². The molecule has 1 aromatic heterocycles. The summed E-state index contributed by atoms with van der Waals surface area (Å²) in [5.41, 5.74) is 0.273. The number of nitrogens with zero attached hydrogens (tertiary/aromatic N) is 3. The van der Waals surface area contributed by atoms with Gasteiger partial charge in [-0.3, -0.25) is 14.8 Å². The van der Waals surface area contributed by atoms with Crippen LogP contribution in [0, 0.1) is 5.92 Å². The summed E-state index contributed by atoms with van der Waals surface area (Å²) < 4.78 is 11.7. The molecule has 1 aromatic carbocycles. The summed E-state index contributed by atoms with van der Waals surface area (Å²) in [7, 11) is 1.62. The number of hydrogen-bond donors (Lipinski definition) is 0. The third kappa shape index (κ3) is 5.97. The molecule has 0 saturated carbocycles. The number of aromatic nitrogens is 2. The molecular formula is C30H43N3O4. The SMILES string of the molecule is COc1cc(C(=O)N2[C@@H](C)[C@@H](c3cnccn3)C[C@@]2(CC(C)C)C(=O)OC(C)(C)C)ccc1C(C)(C)C. The maximum atomic E-state index is 14.4. The van der Waals surface area contributed by atoms with Crippen molar-refractivity contribution in [1.82, 2.24) is 14.9 Å². The Labute approximate surface area is 222 Å². The Morgan fingerprint density at radius 3 is 2.32 bits per heavy atom. The number of benzene rings is 1. The molecule has 37 heavy (non-hydrogen) atoms. The van der Waals surface area contributed by atoms with E-state index < -0.39 is 11.1 Å². The lowest BCUT2D eigenvalue weighted by atomic mass is 9.82. The van der Waals surface area contributed by atoms with Gasteiger partial charge in [-0.15, -0.1) is 0 Å². The first-order valence-corrected chi connectivity index (χ1v) is 13.1. The maximum absolute atomic E-state index is 14.4. The number of rotatable bonds is 6. The molecule has 0 spiro atoms. The summed E-state index contributed by atoms with van der Waals surface area (Å²) in [5, 5.41) is 0. The van der Waals surface area contributed by atoms with E-state index in [1.165, 1.54) is 0 Å². The third-order valence-electron chi connectivity index (χ3n) is 6.97. The molecule has 0 aliphatic carbocycles. The van der Waals surface area contributed by atoms with Gasteiger partial charge in [-0.05, 0) is 69.6 Å². The highest BCUT2D eigenvalue weighted by atomic mass is 16.6. The normalized spacial score (nSPS) is 22.3. The van der Waals surface area contributed by atoms with E-state index in [4.69, 9.17) is 9.47 Å². The molecule has 1 saturated heterocycles. The van der Waals surface area contributed by atoms with E-state index in [2.05, 4.69) is 44.6 Å². The average molecular weight is 510 g/mol. The highest BCUT2D eigenvalue weighted by molar-refractivity contribution is 5.99. The van der Waals surface area contributed by atoms with Crippen molar-refractivity contribution in [3.05, 3.63) is 53.6 Å². The summed E-state index contributed by atoms with van der Waals surface area (Å²) in [5.74, 6) is 0.0400. The fraction of sp³-hybridized carbons (Fsp3) is 0.600. The lowest BCUT2D eigenvalue weighted by molar-refractivity contribution is -0.168. The largest absolute Gasteiger partial charge is 0.496 e. The number of hydrogen-bond acceptors (Lipinski definition) is 6. The number of likely N-dealkylation sites (tertiary alicyclic amines) is 1. The van der Waals surface area contributed by atoms with Crippen molar-refractivity contribution in [2.45, 2.75) is 104 Å². The van der Waals surface area contributed by atoms with Gasteiger partial charge in [-0.2, -0.15) is 0 Å². The minimum atomic E-state index is -1.14. The Kier molecular flexibility index (Phi) is 8.06. The van der Waals surface area contributed by atoms with Gasteiger partial charge in [0.15, 0.2) is 0 Å². The van der Waals surface area contributed by atoms with Crippen LogP contribution in [0.4, 0.5) is 0 Å². The van der Waals surface area contributed by atoms with Crippen molar-refractivity contribution < 1.29 is 19.1 Å². The summed E-state index contributed by atoms with van der Waals surface area (Å²) in [4.78, 5) is 38.9. The first-order chi connectivity index (χ1) is 17.1. The molecule has 2 aromatic rings. The molecule has 7 nitrogen and oxygen atoms in total. The van der Waals surface area contributed by atoms with Crippen LogP contribution in [0.15, 0.2) is 36.8 Å². The van der Waals surface area contributed by atoms with Crippen LogP contribution >= 0.6 is 0 Å². The average Bonchev–Trinajstić information content (AvgIpc) is 3.09. The number of carbonyl (C=O) groups is 2. The van der Waals surface area contributed by atoms with Crippen LogP contribution < -0.4 is 4.74 Å². The van der Waals surface area contributed by atoms with Crippen molar-refractivity contribution in [1.29, 1.82) is 0 Å². The van der Waals surface area contributed by atoms with Gasteiger partial charge >= 0.3 is 5.97 Å². The molecule has 2 heterocycles. The van der Waals surface area contributed by atoms with Gasteiger partial charge in [0, 0.05) is 36.1 Å². The number of carbonyl (C=O) groups excluding carboxylic acids is 2. The number of ether oxygens (including phenoxy) is 2. The van der Waals surface area contributed by atoms with Gasteiger partial charge in [-0.1, -0.05) is 40.7 Å². The predicted molar refractivity (Wildman–Crippen MR) is 145 cm³/mol. The summed E-state index contributed by atoms with van der Waals surface area (Å²) in [6.07, 6.45) is 5.91. The highest BCUT2D eigenvalue weighted by Crippen LogP contribution is 2.48. The van der Waals surface area contributed by atoms with Gasteiger partial charge in [0.25, 0.3) is 5.91 Å². The molecule has 0 bridgehead atoms. The molecule has 3 rings (SSSR count). The van der Waals surface area contributed by atoms with E-state index >= 15 is 0 Å². The summed E-state index contributed by atoms with van der Waals surface area (Å²) >= 11 is 0. The maximum Gasteiger partial charge on any atom is 0.332 e. The zero-order valence-corrected chi connectivity index (χ0v) is 24.1. The van der Waals surface area contributed by atoms with Crippen LogP contribution in [0.25, 0.3) is 0 Å². The van der Waals surface area contributed by atoms with Crippen molar-refractivity contribution in [3.63, 3.8) is 0 Å². The van der Waals surface area contributed by atoms with Gasteiger partial charge < -0.3 is 14.4 Å². The standard InChI is InChI=1S/C30H43N3O4/c1-19(2)16-30(27(35)37-29(7,8)9)17-22(24-18-31-13-14-32-24)20(3)33(30)26(34)21-11-12-23(28(4,5)6)25(15-21)36-10/h11-15,18-20,22H,16-17H2,1-10H3/t20-,22-,30-/m0/s1. The second kappa shape index (κ2) is 10.4. The smallest absolute Gasteiger partial charge is 0.332 e. The zero-order chi connectivity index (χ0) is 27.8. The molecule has 1 aliphatic rings. The molecule has 0 radical (unpaired) electrons. The molecule has 1 fully saturated rings. The van der Waals surface area contributed by atoms with Gasteiger partial charge in [0.1, 0.15) is 16.9 Å². The van der Waals surface area contributed by atoms with Crippen molar-refractivity contribution in [2.75, 3.05) is 7.11 Å². The number of amides is 1. The summed E-state index contributed by atoms with van der Waals surface area (Å²) in [6.45, 7) is 18.0. The fourth-order valence-corrected chi connectivity index (χ4v) is 5.51. The van der Waals surface area contributed by atoms with Gasteiger partial charge in [0.05, 0.1) is 12.8 Å². The quantitative estimate of drug-likeness (QED) is 0.449. The lowest BCUT2D eigenvalue weighted by Gasteiger charge is -2.41. The van der Waals surface area contributed by atoms with Crippen molar-refractivity contribution >= 4 is 11.9 Å². The first-order valence-electron chi connectivity index (χ1n) is 13.1. The lowest BCUT2D eigenvalue weighted by Crippen LogP contribution is -2.57. The zero-order valence-electron chi connectivity index (χ0n) is 24.1. The van der Waals surface area contributed by atoms with E-state index in [0.717, 1.165) is 11.3 Å². The Morgan fingerprint density at radius 2 is 1.81 bits per heavy atom. The molecule has 0 N–H and O–H groups in total. The minimum Gasteiger partial charge on any atom is -0.496 e. The topological polar surface area (TPSA) is 81.6 Å². The summed E-state index contributed by atoms with van der Waals surface area (Å²) in [6, 6.07) is 5.28. The molecule has 202 valence electrons. The second-order valence-electron chi connectivity index (χ2n) is 12.7. The van der Waals surface area contributed by atoms with E-state index in [9.17, 15) is 9.59 Å². The molecule has 3 atom stereocenters. The Morgan fingerprint density at radius 1 is 1.14 bits per heavy atom. The van der Waals surface area contributed by atoms with E-state index in [1.54, 1.807) is 36.7 Å². The predicted octanol–water partition coefficient (Wildman–Crippen LogP) is 5.93. The van der Waals surface area contributed by atoms with Gasteiger partial charge in [-0.25, -0.2) is 4.79 Å². The Bertz CT molecular complexity index is 1120. The molecule has 7 heteroatoms. The van der Waals surface area contributed by atoms with Crippen molar-refractivity contribution in [3.8, 4) is 5.75 Å². The molecule has 1 amide bonds. The Hall–Kier alpha value is -2.96. The van der Waals surface area contributed by atoms with E-state index in [-0.39, 0.29) is 35.2 Å². The van der Waals surface area contributed by atoms with E-state index in [1.807, 2.05) is 39.8 Å². The van der Waals surface area contributed by atoms with Gasteiger partial charge in [0.2, 0.25) is 0 Å². The monoisotopic (exact) mass is 509 g/mol. The Balaban J connectivity index is 2.18. The molecule has 0 unspecified atom stereocenters. The van der Waals surface area contributed by atoms with Crippen LogP contribution in [-0.4, -0.2) is 51.0 Å². The van der Waals surface area contributed by atoms with E-state index in [0.29, 0.717) is 24.2 Å². The fourth-order valence-electron chi connectivity index (χ4n) is 5.51. The third-order valence-corrected chi connectivity index (χ3v) is 6.97.